The van der Waals surface area contributed by atoms with Gasteiger partial charge in [0.1, 0.15) is 12.2 Å². The minimum atomic E-state index is -1.07. The molecule has 0 spiro atoms. The number of benzene rings is 2. The number of carboxylic acids is 2. The van der Waals surface area contributed by atoms with Crippen LogP contribution in [-0.4, -0.2) is 46.3 Å². The highest BCUT2D eigenvalue weighted by Crippen LogP contribution is 2.25. The van der Waals surface area contributed by atoms with Crippen molar-refractivity contribution in [3.63, 3.8) is 0 Å². The highest BCUT2D eigenvalue weighted by atomic mass is 16.6. The molecule has 1 fully saturated rings. The first kappa shape index (κ1) is 21.0. The van der Waals surface area contributed by atoms with Gasteiger partial charge in [0.15, 0.2) is 0 Å². The Bertz CT molecular complexity index is 859. The Morgan fingerprint density at radius 3 is 1.10 bits per heavy atom. The number of aromatic carboxylic acids is 2. The summed E-state index contributed by atoms with van der Waals surface area (Å²) >= 11 is 0. The summed E-state index contributed by atoms with van der Waals surface area (Å²) in [6, 6.07) is 11.0. The maximum absolute atomic E-state index is 12.2. The molecule has 0 unspecified atom stereocenters. The first-order valence-corrected chi connectivity index (χ1v) is 9.42. The van der Waals surface area contributed by atoms with Gasteiger partial charge in [-0.1, -0.05) is 0 Å². The molecule has 8 nitrogen and oxygen atoms in total. The molecule has 0 bridgehead atoms. The van der Waals surface area contributed by atoms with Crippen LogP contribution in [0.5, 0.6) is 0 Å². The molecule has 2 aromatic carbocycles. The summed E-state index contributed by atoms with van der Waals surface area (Å²) in [7, 11) is 0. The minimum Gasteiger partial charge on any atom is -0.478 e. The quantitative estimate of drug-likeness (QED) is 0.691. The predicted molar refractivity (Wildman–Crippen MR) is 104 cm³/mol. The van der Waals surface area contributed by atoms with Gasteiger partial charge in [-0.05, 0) is 74.2 Å². The Hall–Kier alpha value is -3.68. The lowest BCUT2D eigenvalue weighted by atomic mass is 9.94. The molecule has 2 aromatic rings. The van der Waals surface area contributed by atoms with Crippen LogP contribution >= 0.6 is 0 Å². The molecule has 1 aliphatic rings. The van der Waals surface area contributed by atoms with Gasteiger partial charge in [0.05, 0.1) is 22.3 Å². The lowest BCUT2D eigenvalue weighted by molar-refractivity contribution is -0.0108. The average Bonchev–Trinajstić information content (AvgIpc) is 2.75. The van der Waals surface area contributed by atoms with Crippen molar-refractivity contribution in [2.24, 2.45) is 0 Å². The van der Waals surface area contributed by atoms with Crippen LogP contribution in [0.1, 0.15) is 67.1 Å². The molecule has 0 amide bonds. The summed E-state index contributed by atoms with van der Waals surface area (Å²) in [5, 5.41) is 17.8. The summed E-state index contributed by atoms with van der Waals surface area (Å²) in [6.07, 6.45) is 1.54. The van der Waals surface area contributed by atoms with Crippen molar-refractivity contribution in [3.8, 4) is 0 Å². The van der Waals surface area contributed by atoms with Crippen molar-refractivity contribution in [2.75, 3.05) is 0 Å². The van der Waals surface area contributed by atoms with E-state index < -0.39 is 23.9 Å². The second-order valence-electron chi connectivity index (χ2n) is 6.97. The van der Waals surface area contributed by atoms with Gasteiger partial charge in [0, 0.05) is 0 Å². The summed E-state index contributed by atoms with van der Waals surface area (Å²) in [5.41, 5.74) is 0.731. The zero-order valence-electron chi connectivity index (χ0n) is 15.9. The van der Waals surface area contributed by atoms with Crippen molar-refractivity contribution in [3.05, 3.63) is 70.8 Å². The number of ether oxygens (including phenoxy) is 2. The monoisotopic (exact) mass is 412 g/mol. The zero-order chi connectivity index (χ0) is 21.7. The summed E-state index contributed by atoms with van der Waals surface area (Å²) < 4.78 is 10.9. The largest absolute Gasteiger partial charge is 0.478 e. The molecule has 0 aromatic heterocycles. The number of carbonyl (C=O) groups is 4. The number of esters is 2. The lowest BCUT2D eigenvalue weighted by Crippen LogP contribution is -2.29. The summed E-state index contributed by atoms with van der Waals surface area (Å²) in [6.45, 7) is 0. The van der Waals surface area contributed by atoms with E-state index in [0.29, 0.717) is 25.7 Å². The fourth-order valence-electron chi connectivity index (χ4n) is 3.20. The van der Waals surface area contributed by atoms with E-state index in [1.165, 1.54) is 48.5 Å². The van der Waals surface area contributed by atoms with Gasteiger partial charge in [0.25, 0.3) is 0 Å². The molecule has 8 heteroatoms. The van der Waals surface area contributed by atoms with Crippen molar-refractivity contribution in [2.45, 2.75) is 37.9 Å². The van der Waals surface area contributed by atoms with Crippen molar-refractivity contribution in [1.29, 1.82) is 0 Å². The Balaban J connectivity index is 1.47. The van der Waals surface area contributed by atoms with E-state index in [9.17, 15) is 19.2 Å². The molecule has 0 radical (unpaired) electrons. The number of carbonyl (C=O) groups excluding carboxylic acids is 2. The smallest absolute Gasteiger partial charge is 0.338 e. The van der Waals surface area contributed by atoms with Gasteiger partial charge < -0.3 is 19.7 Å². The predicted octanol–water partition coefficient (Wildman–Crippen LogP) is 3.41. The molecule has 0 atom stereocenters. The standard InChI is InChI=1S/C22H20O8/c23-19(24)13-1-5-15(6-2-13)21(27)29-17-9-11-18(12-10-17)30-22(28)16-7-3-14(4-8-16)20(25)26/h1-8,17-18H,9-12H2,(H,23,24)(H,25,26). The Kier molecular flexibility index (Phi) is 6.46. The maximum Gasteiger partial charge on any atom is 0.338 e. The van der Waals surface area contributed by atoms with Crippen molar-refractivity contribution in [1.82, 2.24) is 0 Å². The molecule has 156 valence electrons. The first-order chi connectivity index (χ1) is 14.3. The second kappa shape index (κ2) is 9.21. The van der Waals surface area contributed by atoms with Crippen LogP contribution in [0.4, 0.5) is 0 Å². The summed E-state index contributed by atoms with van der Waals surface area (Å²) in [4.78, 5) is 46.2. The SMILES string of the molecule is O=C(O)c1ccc(C(=O)OC2CCC(OC(=O)c3ccc(C(=O)O)cc3)CC2)cc1. The van der Waals surface area contributed by atoms with Crippen LogP contribution in [0.2, 0.25) is 0 Å². The third kappa shape index (κ3) is 5.22. The van der Waals surface area contributed by atoms with E-state index in [4.69, 9.17) is 19.7 Å². The number of carboxylic acid groups (broad SMARTS) is 2. The van der Waals surface area contributed by atoms with E-state index in [0.717, 1.165) is 0 Å². The number of rotatable bonds is 6. The summed E-state index contributed by atoms with van der Waals surface area (Å²) in [5.74, 6) is -3.18. The third-order valence-electron chi connectivity index (χ3n) is 4.90. The van der Waals surface area contributed by atoms with Crippen LogP contribution < -0.4 is 0 Å². The van der Waals surface area contributed by atoms with E-state index in [1.807, 2.05) is 0 Å². The van der Waals surface area contributed by atoms with Gasteiger partial charge in [-0.15, -0.1) is 0 Å². The van der Waals surface area contributed by atoms with E-state index >= 15 is 0 Å². The van der Waals surface area contributed by atoms with E-state index in [-0.39, 0.29) is 34.5 Å². The molecule has 3 rings (SSSR count). The fourth-order valence-corrected chi connectivity index (χ4v) is 3.20. The highest BCUT2D eigenvalue weighted by Gasteiger charge is 2.27. The topological polar surface area (TPSA) is 127 Å². The van der Waals surface area contributed by atoms with Crippen LogP contribution in [0.15, 0.2) is 48.5 Å². The third-order valence-corrected chi connectivity index (χ3v) is 4.90. The van der Waals surface area contributed by atoms with Crippen LogP contribution in [0.3, 0.4) is 0 Å². The maximum atomic E-state index is 12.2. The van der Waals surface area contributed by atoms with Gasteiger partial charge in [-0.25, -0.2) is 19.2 Å². The molecule has 2 N–H and O–H groups in total. The van der Waals surface area contributed by atoms with E-state index in [1.54, 1.807) is 0 Å². The zero-order valence-corrected chi connectivity index (χ0v) is 15.9. The molecule has 30 heavy (non-hydrogen) atoms. The number of hydrogen-bond donors (Lipinski definition) is 2. The van der Waals surface area contributed by atoms with Crippen LogP contribution in [0, 0.1) is 0 Å². The Morgan fingerprint density at radius 1 is 0.567 bits per heavy atom. The normalized spacial score (nSPS) is 18.3. The van der Waals surface area contributed by atoms with Gasteiger partial charge >= 0.3 is 23.9 Å². The molecule has 0 heterocycles. The van der Waals surface area contributed by atoms with Crippen LogP contribution in [0.25, 0.3) is 0 Å². The Labute approximate surface area is 172 Å². The molecular formula is C22H20O8. The first-order valence-electron chi connectivity index (χ1n) is 9.42. The van der Waals surface area contributed by atoms with Gasteiger partial charge in [-0.2, -0.15) is 0 Å². The van der Waals surface area contributed by atoms with Gasteiger partial charge in [-0.3, -0.25) is 0 Å². The molecule has 1 aliphatic carbocycles. The number of hydrogen-bond acceptors (Lipinski definition) is 6. The molecular weight excluding hydrogens is 392 g/mol. The molecule has 0 aliphatic heterocycles. The fraction of sp³-hybridized carbons (Fsp3) is 0.273. The molecule has 0 saturated heterocycles. The highest BCUT2D eigenvalue weighted by molar-refractivity contribution is 5.93. The van der Waals surface area contributed by atoms with Gasteiger partial charge in [0.2, 0.25) is 0 Å². The minimum absolute atomic E-state index is 0.0893. The second-order valence-corrected chi connectivity index (χ2v) is 6.97. The van der Waals surface area contributed by atoms with Crippen molar-refractivity contribution >= 4 is 23.9 Å². The van der Waals surface area contributed by atoms with E-state index in [2.05, 4.69) is 0 Å². The Morgan fingerprint density at radius 2 is 0.833 bits per heavy atom. The van der Waals surface area contributed by atoms with Crippen molar-refractivity contribution < 1.29 is 38.9 Å². The lowest BCUT2D eigenvalue weighted by Gasteiger charge is -2.28. The van der Waals surface area contributed by atoms with Crippen LogP contribution in [-0.2, 0) is 9.47 Å². The average molecular weight is 412 g/mol. The molecule has 1 saturated carbocycles.